The van der Waals surface area contributed by atoms with Crippen LogP contribution >= 0.6 is 0 Å². The lowest BCUT2D eigenvalue weighted by molar-refractivity contribution is 0.0318. The van der Waals surface area contributed by atoms with Gasteiger partial charge in [0, 0.05) is 24.0 Å². The molecule has 0 bridgehead atoms. The number of aliphatic hydroxyl groups is 1. The lowest BCUT2D eigenvalue weighted by Crippen LogP contribution is -2.45. The Balaban J connectivity index is 2.01. The SMILES string of the molecule is Cc1cc2oc(=O)cc(CN3CCCCC3C(C)O)c2cc1C. The van der Waals surface area contributed by atoms with E-state index in [4.69, 9.17) is 4.42 Å². The Labute approximate surface area is 136 Å². The van der Waals surface area contributed by atoms with E-state index in [0.29, 0.717) is 12.1 Å². The van der Waals surface area contributed by atoms with E-state index < -0.39 is 0 Å². The molecule has 1 aliphatic rings. The molecule has 1 N–H and O–H groups in total. The van der Waals surface area contributed by atoms with E-state index in [1.54, 1.807) is 6.07 Å². The van der Waals surface area contributed by atoms with Gasteiger partial charge in [0.1, 0.15) is 5.58 Å². The van der Waals surface area contributed by atoms with E-state index in [2.05, 4.69) is 17.9 Å². The Kier molecular flexibility index (Phi) is 4.55. The molecule has 1 saturated heterocycles. The van der Waals surface area contributed by atoms with Crippen molar-refractivity contribution in [3.8, 4) is 0 Å². The molecule has 4 heteroatoms. The maximum atomic E-state index is 11.9. The summed E-state index contributed by atoms with van der Waals surface area (Å²) in [4.78, 5) is 14.2. The molecule has 1 aliphatic heterocycles. The predicted octanol–water partition coefficient (Wildman–Crippen LogP) is 3.15. The van der Waals surface area contributed by atoms with Crippen LogP contribution in [0, 0.1) is 13.8 Å². The van der Waals surface area contributed by atoms with E-state index in [9.17, 15) is 9.90 Å². The molecular formula is C19H25NO3. The van der Waals surface area contributed by atoms with Gasteiger partial charge in [-0.25, -0.2) is 4.79 Å². The molecule has 1 fully saturated rings. The number of aryl methyl sites for hydroxylation is 2. The molecule has 1 aromatic heterocycles. The molecule has 2 atom stereocenters. The summed E-state index contributed by atoms with van der Waals surface area (Å²) in [5.74, 6) is 0. The Hall–Kier alpha value is -1.65. The summed E-state index contributed by atoms with van der Waals surface area (Å²) in [5.41, 5.74) is 3.66. The van der Waals surface area contributed by atoms with Gasteiger partial charge in [-0.3, -0.25) is 4.90 Å². The summed E-state index contributed by atoms with van der Waals surface area (Å²) in [6, 6.07) is 5.81. The number of likely N-dealkylation sites (tertiary alicyclic amines) is 1. The molecule has 3 rings (SSSR count). The fraction of sp³-hybridized carbons (Fsp3) is 0.526. The van der Waals surface area contributed by atoms with Crippen LogP contribution in [0.5, 0.6) is 0 Å². The normalized spacial score (nSPS) is 20.8. The maximum absolute atomic E-state index is 11.9. The van der Waals surface area contributed by atoms with Gasteiger partial charge in [0.25, 0.3) is 0 Å². The molecule has 0 aliphatic carbocycles. The molecule has 2 heterocycles. The standard InChI is InChI=1S/C19H25NO3/c1-12-8-16-15(10-19(22)23-18(16)9-13(12)2)11-20-7-5-4-6-17(20)14(3)21/h8-10,14,17,21H,4-7,11H2,1-3H3. The van der Waals surface area contributed by atoms with Crippen LogP contribution in [0.1, 0.15) is 42.9 Å². The fourth-order valence-corrected chi connectivity index (χ4v) is 3.59. The van der Waals surface area contributed by atoms with Gasteiger partial charge in [-0.05, 0) is 69.0 Å². The van der Waals surface area contributed by atoms with Crippen molar-refractivity contribution >= 4 is 11.0 Å². The Morgan fingerprint density at radius 1 is 1.26 bits per heavy atom. The topological polar surface area (TPSA) is 53.7 Å². The molecule has 2 aromatic rings. The number of hydrogen-bond donors (Lipinski definition) is 1. The third kappa shape index (κ3) is 3.33. The molecule has 1 aromatic carbocycles. The number of fused-ring (bicyclic) bond motifs is 1. The Morgan fingerprint density at radius 3 is 2.74 bits per heavy atom. The van der Waals surface area contributed by atoms with Crippen LogP contribution < -0.4 is 5.63 Å². The van der Waals surface area contributed by atoms with Crippen molar-refractivity contribution in [2.45, 2.75) is 58.7 Å². The van der Waals surface area contributed by atoms with Crippen molar-refractivity contribution < 1.29 is 9.52 Å². The first-order valence-corrected chi connectivity index (χ1v) is 8.42. The summed E-state index contributed by atoms with van der Waals surface area (Å²) >= 11 is 0. The highest BCUT2D eigenvalue weighted by atomic mass is 16.4. The first kappa shape index (κ1) is 16.2. The van der Waals surface area contributed by atoms with Crippen LogP contribution in [0.2, 0.25) is 0 Å². The van der Waals surface area contributed by atoms with Crippen molar-refractivity contribution in [1.82, 2.24) is 4.90 Å². The maximum Gasteiger partial charge on any atom is 0.336 e. The number of benzene rings is 1. The van der Waals surface area contributed by atoms with Gasteiger partial charge in [-0.1, -0.05) is 6.42 Å². The molecule has 23 heavy (non-hydrogen) atoms. The van der Waals surface area contributed by atoms with Crippen LogP contribution in [-0.4, -0.2) is 28.7 Å². The summed E-state index contributed by atoms with van der Waals surface area (Å²) in [5, 5.41) is 11.1. The third-order valence-corrected chi connectivity index (χ3v) is 5.04. The van der Waals surface area contributed by atoms with E-state index in [-0.39, 0.29) is 17.8 Å². The van der Waals surface area contributed by atoms with Gasteiger partial charge in [-0.2, -0.15) is 0 Å². The third-order valence-electron chi connectivity index (χ3n) is 5.04. The van der Waals surface area contributed by atoms with Crippen molar-refractivity contribution in [3.63, 3.8) is 0 Å². The second-order valence-electron chi connectivity index (χ2n) is 6.80. The lowest BCUT2D eigenvalue weighted by Gasteiger charge is -2.37. The fourth-order valence-electron chi connectivity index (χ4n) is 3.59. The van der Waals surface area contributed by atoms with Crippen molar-refractivity contribution in [2.24, 2.45) is 0 Å². The number of rotatable bonds is 3. The molecule has 4 nitrogen and oxygen atoms in total. The zero-order valence-electron chi connectivity index (χ0n) is 14.1. The number of hydrogen-bond acceptors (Lipinski definition) is 4. The van der Waals surface area contributed by atoms with E-state index >= 15 is 0 Å². The van der Waals surface area contributed by atoms with Gasteiger partial charge >= 0.3 is 5.63 Å². The second kappa shape index (κ2) is 6.46. The molecule has 2 unspecified atom stereocenters. The van der Waals surface area contributed by atoms with Crippen LogP contribution in [0.25, 0.3) is 11.0 Å². The lowest BCUT2D eigenvalue weighted by atomic mass is 9.96. The number of piperidine rings is 1. The highest BCUT2D eigenvalue weighted by Gasteiger charge is 2.26. The smallest absolute Gasteiger partial charge is 0.336 e. The number of aliphatic hydroxyl groups excluding tert-OH is 1. The van der Waals surface area contributed by atoms with E-state index in [1.807, 2.05) is 19.9 Å². The first-order chi connectivity index (χ1) is 11.0. The van der Waals surface area contributed by atoms with Crippen LogP contribution in [0.3, 0.4) is 0 Å². The largest absolute Gasteiger partial charge is 0.423 e. The Bertz CT molecular complexity index is 763. The highest BCUT2D eigenvalue weighted by molar-refractivity contribution is 5.81. The van der Waals surface area contributed by atoms with Crippen LogP contribution in [0.15, 0.2) is 27.4 Å². The van der Waals surface area contributed by atoms with E-state index in [1.165, 1.54) is 5.56 Å². The molecule has 0 radical (unpaired) electrons. The number of nitrogens with zero attached hydrogens (tertiary/aromatic N) is 1. The molecule has 0 spiro atoms. The van der Waals surface area contributed by atoms with Crippen molar-refractivity contribution in [2.75, 3.05) is 6.54 Å². The van der Waals surface area contributed by atoms with Crippen molar-refractivity contribution in [1.29, 1.82) is 0 Å². The van der Waals surface area contributed by atoms with Gasteiger partial charge in [0.2, 0.25) is 0 Å². The molecule has 0 amide bonds. The monoisotopic (exact) mass is 315 g/mol. The Morgan fingerprint density at radius 2 is 2.00 bits per heavy atom. The molecular weight excluding hydrogens is 290 g/mol. The zero-order valence-corrected chi connectivity index (χ0v) is 14.1. The first-order valence-electron chi connectivity index (χ1n) is 8.42. The minimum atomic E-state index is -0.356. The van der Waals surface area contributed by atoms with Crippen LogP contribution in [-0.2, 0) is 6.54 Å². The van der Waals surface area contributed by atoms with Gasteiger partial charge in [0.05, 0.1) is 6.10 Å². The molecule has 124 valence electrons. The average molecular weight is 315 g/mol. The summed E-state index contributed by atoms with van der Waals surface area (Å²) in [7, 11) is 0. The average Bonchev–Trinajstić information content (AvgIpc) is 2.49. The quantitative estimate of drug-likeness (QED) is 0.884. The summed E-state index contributed by atoms with van der Waals surface area (Å²) in [6.45, 7) is 7.59. The highest BCUT2D eigenvalue weighted by Crippen LogP contribution is 2.26. The van der Waals surface area contributed by atoms with E-state index in [0.717, 1.165) is 42.3 Å². The van der Waals surface area contributed by atoms with Gasteiger partial charge < -0.3 is 9.52 Å². The molecule has 0 saturated carbocycles. The summed E-state index contributed by atoms with van der Waals surface area (Å²) in [6.07, 6.45) is 2.95. The minimum absolute atomic E-state index is 0.164. The zero-order chi connectivity index (χ0) is 16.6. The van der Waals surface area contributed by atoms with Gasteiger partial charge in [-0.15, -0.1) is 0 Å². The minimum Gasteiger partial charge on any atom is -0.423 e. The summed E-state index contributed by atoms with van der Waals surface area (Å²) < 4.78 is 5.38. The van der Waals surface area contributed by atoms with Crippen molar-refractivity contribution in [3.05, 3.63) is 45.3 Å². The predicted molar refractivity (Wildman–Crippen MR) is 91.7 cm³/mol. The van der Waals surface area contributed by atoms with Gasteiger partial charge in [0.15, 0.2) is 0 Å². The van der Waals surface area contributed by atoms with Crippen LogP contribution in [0.4, 0.5) is 0 Å². The second-order valence-corrected chi connectivity index (χ2v) is 6.80.